The Bertz CT molecular complexity index is 595. The molecule has 3 heteroatoms. The molecule has 2 atom stereocenters. The minimum Gasteiger partial charge on any atom is -0.327 e. The second-order valence-corrected chi connectivity index (χ2v) is 4.95. The Morgan fingerprint density at radius 1 is 1.11 bits per heavy atom. The molecule has 3 nitrogen and oxygen atoms in total. The van der Waals surface area contributed by atoms with Crippen LogP contribution in [0.15, 0.2) is 54.6 Å². The van der Waals surface area contributed by atoms with Gasteiger partial charge in [-0.05, 0) is 36.2 Å². The van der Waals surface area contributed by atoms with Crippen molar-refractivity contribution in [2.45, 2.75) is 18.4 Å². The van der Waals surface area contributed by atoms with Gasteiger partial charge in [0.15, 0.2) is 0 Å². The van der Waals surface area contributed by atoms with Crippen LogP contribution >= 0.6 is 0 Å². The van der Waals surface area contributed by atoms with Gasteiger partial charge < -0.3 is 11.1 Å². The second-order valence-electron chi connectivity index (χ2n) is 4.95. The van der Waals surface area contributed by atoms with Crippen LogP contribution in [0.5, 0.6) is 0 Å². The summed E-state index contributed by atoms with van der Waals surface area (Å²) < 4.78 is 0. The van der Waals surface area contributed by atoms with Crippen molar-refractivity contribution >= 4 is 11.6 Å². The number of rotatable bonds is 3. The maximum absolute atomic E-state index is 12.0. The van der Waals surface area contributed by atoms with E-state index in [9.17, 15) is 4.79 Å². The number of hydrogen-bond acceptors (Lipinski definition) is 2. The van der Waals surface area contributed by atoms with Crippen molar-refractivity contribution in [2.24, 2.45) is 5.73 Å². The highest BCUT2D eigenvalue weighted by Gasteiger charge is 2.34. The van der Waals surface area contributed by atoms with Gasteiger partial charge in [-0.25, -0.2) is 0 Å². The molecule has 1 fully saturated rings. The van der Waals surface area contributed by atoms with Crippen LogP contribution in [0.1, 0.15) is 28.3 Å². The average molecular weight is 252 g/mol. The Hall–Kier alpha value is -2.13. The Morgan fingerprint density at radius 2 is 1.84 bits per heavy atom. The number of anilines is 1. The lowest BCUT2D eigenvalue weighted by Gasteiger charge is -2.07. The van der Waals surface area contributed by atoms with Crippen LogP contribution in [0.25, 0.3) is 0 Å². The standard InChI is InChI=1S/C16H16N2O/c17-15-10-14(15)12-7-4-8-13(9-12)18-16(19)11-5-2-1-3-6-11/h1-9,14-15H,10,17H2,(H,18,19). The lowest BCUT2D eigenvalue weighted by atomic mass is 10.1. The summed E-state index contributed by atoms with van der Waals surface area (Å²) in [4.78, 5) is 12.0. The zero-order valence-electron chi connectivity index (χ0n) is 10.5. The molecule has 1 aliphatic rings. The van der Waals surface area contributed by atoms with Crippen LogP contribution in [0.3, 0.4) is 0 Å². The first-order valence-corrected chi connectivity index (χ1v) is 6.46. The molecule has 0 heterocycles. The Balaban J connectivity index is 1.75. The molecule has 1 aliphatic carbocycles. The third kappa shape index (κ3) is 2.66. The van der Waals surface area contributed by atoms with Gasteiger partial charge in [-0.15, -0.1) is 0 Å². The maximum Gasteiger partial charge on any atom is 0.255 e. The lowest BCUT2D eigenvalue weighted by molar-refractivity contribution is 0.102. The molecule has 0 spiro atoms. The van der Waals surface area contributed by atoms with E-state index in [-0.39, 0.29) is 11.9 Å². The van der Waals surface area contributed by atoms with Gasteiger partial charge in [0.2, 0.25) is 0 Å². The van der Waals surface area contributed by atoms with E-state index in [0.29, 0.717) is 11.5 Å². The SMILES string of the molecule is NC1CC1c1cccc(NC(=O)c2ccccc2)c1. The Kier molecular flexibility index (Phi) is 3.05. The quantitative estimate of drug-likeness (QED) is 0.882. The highest BCUT2D eigenvalue weighted by Crippen LogP contribution is 2.39. The van der Waals surface area contributed by atoms with Crippen LogP contribution in [0, 0.1) is 0 Å². The Labute approximate surface area is 112 Å². The van der Waals surface area contributed by atoms with Crippen LogP contribution in [-0.4, -0.2) is 11.9 Å². The van der Waals surface area contributed by atoms with E-state index in [2.05, 4.69) is 11.4 Å². The largest absolute Gasteiger partial charge is 0.327 e. The second kappa shape index (κ2) is 4.86. The monoisotopic (exact) mass is 252 g/mol. The first-order valence-electron chi connectivity index (χ1n) is 6.46. The molecule has 1 amide bonds. The topological polar surface area (TPSA) is 55.1 Å². The van der Waals surface area contributed by atoms with Gasteiger partial charge in [0, 0.05) is 23.2 Å². The van der Waals surface area contributed by atoms with Crippen LogP contribution in [0.4, 0.5) is 5.69 Å². The van der Waals surface area contributed by atoms with E-state index in [0.717, 1.165) is 12.1 Å². The predicted octanol–water partition coefficient (Wildman–Crippen LogP) is 2.75. The molecule has 3 rings (SSSR count). The average Bonchev–Trinajstić information content (AvgIpc) is 3.17. The summed E-state index contributed by atoms with van der Waals surface area (Å²) in [5.74, 6) is 0.367. The Morgan fingerprint density at radius 3 is 2.53 bits per heavy atom. The number of nitrogens with two attached hydrogens (primary N) is 1. The molecule has 0 aromatic heterocycles. The van der Waals surface area contributed by atoms with Gasteiger partial charge in [-0.1, -0.05) is 30.3 Å². The van der Waals surface area contributed by atoms with Gasteiger partial charge in [0.25, 0.3) is 5.91 Å². The number of carbonyl (C=O) groups is 1. The van der Waals surface area contributed by atoms with Crippen LogP contribution < -0.4 is 11.1 Å². The summed E-state index contributed by atoms with van der Waals surface area (Å²) in [7, 11) is 0. The van der Waals surface area contributed by atoms with Crippen LogP contribution in [-0.2, 0) is 0 Å². The zero-order valence-corrected chi connectivity index (χ0v) is 10.5. The van der Waals surface area contributed by atoms with Crippen molar-refractivity contribution in [3.05, 3.63) is 65.7 Å². The van der Waals surface area contributed by atoms with E-state index in [1.807, 2.05) is 36.4 Å². The van der Waals surface area contributed by atoms with Gasteiger partial charge >= 0.3 is 0 Å². The van der Waals surface area contributed by atoms with Gasteiger partial charge in [-0.2, -0.15) is 0 Å². The molecule has 0 saturated heterocycles. The minimum atomic E-state index is -0.0853. The van der Waals surface area contributed by atoms with Crippen molar-refractivity contribution in [2.75, 3.05) is 5.32 Å². The highest BCUT2D eigenvalue weighted by atomic mass is 16.1. The molecule has 0 bridgehead atoms. The molecular formula is C16H16N2O. The summed E-state index contributed by atoms with van der Waals surface area (Å²) in [5, 5.41) is 2.92. The van der Waals surface area contributed by atoms with Crippen molar-refractivity contribution in [1.29, 1.82) is 0 Å². The van der Waals surface area contributed by atoms with E-state index in [1.54, 1.807) is 12.1 Å². The highest BCUT2D eigenvalue weighted by molar-refractivity contribution is 6.04. The molecule has 0 radical (unpaired) electrons. The summed E-state index contributed by atoms with van der Waals surface area (Å²) in [6, 6.07) is 17.4. The first-order chi connectivity index (χ1) is 9.24. The van der Waals surface area contributed by atoms with Crippen molar-refractivity contribution in [3.8, 4) is 0 Å². The fourth-order valence-corrected chi connectivity index (χ4v) is 2.24. The number of carbonyl (C=O) groups excluding carboxylic acids is 1. The number of nitrogens with one attached hydrogen (secondary N) is 1. The van der Waals surface area contributed by atoms with E-state index in [4.69, 9.17) is 5.73 Å². The fourth-order valence-electron chi connectivity index (χ4n) is 2.24. The lowest BCUT2D eigenvalue weighted by Crippen LogP contribution is -2.11. The van der Waals surface area contributed by atoms with Crippen molar-refractivity contribution in [1.82, 2.24) is 0 Å². The molecular weight excluding hydrogens is 236 g/mol. The van der Waals surface area contributed by atoms with E-state index >= 15 is 0 Å². The number of amides is 1. The minimum absolute atomic E-state index is 0.0853. The predicted molar refractivity (Wildman–Crippen MR) is 76.2 cm³/mol. The van der Waals surface area contributed by atoms with E-state index < -0.39 is 0 Å². The summed E-state index contributed by atoms with van der Waals surface area (Å²) >= 11 is 0. The van der Waals surface area contributed by atoms with Crippen molar-refractivity contribution in [3.63, 3.8) is 0 Å². The molecule has 2 aromatic carbocycles. The first kappa shape index (κ1) is 11.9. The van der Waals surface area contributed by atoms with E-state index in [1.165, 1.54) is 5.56 Å². The number of hydrogen-bond donors (Lipinski definition) is 2. The molecule has 2 aromatic rings. The molecule has 2 unspecified atom stereocenters. The number of benzene rings is 2. The fraction of sp³-hybridized carbons (Fsp3) is 0.188. The normalized spacial score (nSPS) is 20.9. The third-order valence-electron chi connectivity index (χ3n) is 3.45. The maximum atomic E-state index is 12.0. The van der Waals surface area contributed by atoms with Crippen LogP contribution in [0.2, 0.25) is 0 Å². The summed E-state index contributed by atoms with van der Waals surface area (Å²) in [6.45, 7) is 0. The zero-order chi connectivity index (χ0) is 13.2. The smallest absolute Gasteiger partial charge is 0.255 e. The molecule has 3 N–H and O–H groups in total. The molecule has 0 aliphatic heterocycles. The molecule has 96 valence electrons. The molecule has 19 heavy (non-hydrogen) atoms. The summed E-state index contributed by atoms with van der Waals surface area (Å²) in [5.41, 5.74) is 8.55. The van der Waals surface area contributed by atoms with Crippen molar-refractivity contribution < 1.29 is 4.79 Å². The third-order valence-corrected chi connectivity index (χ3v) is 3.45. The van der Waals surface area contributed by atoms with Gasteiger partial charge in [0.05, 0.1) is 0 Å². The molecule has 1 saturated carbocycles. The summed E-state index contributed by atoms with van der Waals surface area (Å²) in [6.07, 6.45) is 1.04. The van der Waals surface area contributed by atoms with Gasteiger partial charge in [0.1, 0.15) is 0 Å². The van der Waals surface area contributed by atoms with Gasteiger partial charge in [-0.3, -0.25) is 4.79 Å².